The maximum absolute atomic E-state index is 12.0. The first kappa shape index (κ1) is 15.7. The fourth-order valence-corrected chi connectivity index (χ4v) is 2.28. The number of rotatable bonds is 5. The van der Waals surface area contributed by atoms with Crippen molar-refractivity contribution in [3.8, 4) is 6.07 Å². The van der Waals surface area contributed by atoms with E-state index in [4.69, 9.17) is 5.26 Å². The van der Waals surface area contributed by atoms with Crippen molar-refractivity contribution >= 4 is 11.6 Å². The van der Waals surface area contributed by atoms with Crippen molar-refractivity contribution in [2.45, 2.75) is 13.5 Å². The summed E-state index contributed by atoms with van der Waals surface area (Å²) in [4.78, 5) is 13.1. The van der Waals surface area contributed by atoms with Gasteiger partial charge in [-0.1, -0.05) is 29.8 Å². The Hall–Kier alpha value is -2.64. The average Bonchev–Trinajstić information content (AvgIpc) is 2.49. The molecule has 0 bridgehead atoms. The molecule has 0 radical (unpaired) electrons. The number of hydrogen-bond donors (Lipinski definition) is 2. The molecule has 0 aliphatic rings. The summed E-state index contributed by atoms with van der Waals surface area (Å²) in [6.07, 6.45) is 0. The maximum atomic E-state index is 12.0. The second-order valence-corrected chi connectivity index (χ2v) is 5.54. The molecule has 0 heterocycles. The number of nitrogens with zero attached hydrogens (tertiary/aromatic N) is 1. The van der Waals surface area contributed by atoms with Gasteiger partial charge < -0.3 is 10.2 Å². The van der Waals surface area contributed by atoms with Gasteiger partial charge >= 0.3 is 0 Å². The fraction of sp³-hybridized carbons (Fsp3) is 0.222. The van der Waals surface area contributed by atoms with Crippen LogP contribution in [-0.4, -0.2) is 19.5 Å². The minimum absolute atomic E-state index is 0.0159. The van der Waals surface area contributed by atoms with Crippen molar-refractivity contribution in [2.75, 3.05) is 18.9 Å². The SMILES string of the molecule is Cc1ccc(NC(=O)C[NH+](C)Cc2cccc(C#N)c2)cc1. The van der Waals surface area contributed by atoms with Crippen LogP contribution >= 0.6 is 0 Å². The number of likely N-dealkylation sites (N-methyl/N-ethyl adjacent to an activating group) is 1. The van der Waals surface area contributed by atoms with Gasteiger partial charge in [-0.25, -0.2) is 0 Å². The molecule has 4 nitrogen and oxygen atoms in total. The monoisotopic (exact) mass is 294 g/mol. The molecule has 112 valence electrons. The lowest BCUT2D eigenvalue weighted by atomic mass is 10.1. The highest BCUT2D eigenvalue weighted by Gasteiger charge is 2.11. The number of benzene rings is 2. The number of amides is 1. The van der Waals surface area contributed by atoms with E-state index in [1.165, 1.54) is 0 Å². The summed E-state index contributed by atoms with van der Waals surface area (Å²) in [7, 11) is 1.97. The van der Waals surface area contributed by atoms with E-state index in [0.717, 1.165) is 21.7 Å². The van der Waals surface area contributed by atoms with Crippen molar-refractivity contribution in [3.63, 3.8) is 0 Å². The number of carbonyl (C=O) groups excluding carboxylic acids is 1. The topological polar surface area (TPSA) is 57.3 Å². The van der Waals surface area contributed by atoms with Gasteiger partial charge in [-0.3, -0.25) is 4.79 Å². The van der Waals surface area contributed by atoms with Crippen LogP contribution in [0.25, 0.3) is 0 Å². The Morgan fingerprint density at radius 3 is 2.64 bits per heavy atom. The summed E-state index contributed by atoms with van der Waals surface area (Å²) in [5.41, 5.74) is 3.68. The number of hydrogen-bond acceptors (Lipinski definition) is 2. The van der Waals surface area contributed by atoms with E-state index < -0.39 is 0 Å². The van der Waals surface area contributed by atoms with E-state index in [-0.39, 0.29) is 5.91 Å². The van der Waals surface area contributed by atoms with Crippen LogP contribution in [0.5, 0.6) is 0 Å². The minimum atomic E-state index is -0.0159. The Morgan fingerprint density at radius 2 is 1.95 bits per heavy atom. The Balaban J connectivity index is 1.88. The quantitative estimate of drug-likeness (QED) is 0.878. The molecule has 2 rings (SSSR count). The first-order chi connectivity index (χ1) is 10.6. The number of nitrogens with one attached hydrogen (secondary N) is 2. The fourth-order valence-electron chi connectivity index (χ4n) is 2.28. The molecular weight excluding hydrogens is 274 g/mol. The maximum Gasteiger partial charge on any atom is 0.279 e. The predicted molar refractivity (Wildman–Crippen MR) is 86.4 cm³/mol. The van der Waals surface area contributed by atoms with Crippen LogP contribution in [0.1, 0.15) is 16.7 Å². The van der Waals surface area contributed by atoms with Crippen molar-refractivity contribution in [1.29, 1.82) is 5.26 Å². The Bertz CT molecular complexity index is 686. The molecule has 2 aromatic rings. The molecule has 1 amide bonds. The molecule has 4 heteroatoms. The number of nitriles is 1. The average molecular weight is 294 g/mol. The highest BCUT2D eigenvalue weighted by atomic mass is 16.2. The van der Waals surface area contributed by atoms with E-state index in [1.54, 1.807) is 6.07 Å². The summed E-state index contributed by atoms with van der Waals surface area (Å²) >= 11 is 0. The zero-order valence-corrected chi connectivity index (χ0v) is 12.9. The molecule has 2 aromatic carbocycles. The van der Waals surface area contributed by atoms with E-state index in [1.807, 2.05) is 56.4 Å². The molecule has 0 fully saturated rings. The third-order valence-electron chi connectivity index (χ3n) is 3.36. The summed E-state index contributed by atoms with van der Waals surface area (Å²) in [5, 5.41) is 11.8. The van der Waals surface area contributed by atoms with Crippen molar-refractivity contribution in [1.82, 2.24) is 0 Å². The van der Waals surface area contributed by atoms with Crippen molar-refractivity contribution in [2.24, 2.45) is 0 Å². The van der Waals surface area contributed by atoms with Crippen LogP contribution in [0.15, 0.2) is 48.5 Å². The minimum Gasteiger partial charge on any atom is -0.326 e. The van der Waals surface area contributed by atoms with E-state index >= 15 is 0 Å². The first-order valence-electron chi connectivity index (χ1n) is 7.23. The highest BCUT2D eigenvalue weighted by molar-refractivity contribution is 5.91. The molecular formula is C18H20N3O+. The Kier molecular flexibility index (Phi) is 5.29. The molecule has 2 N–H and O–H groups in total. The molecule has 0 aliphatic heterocycles. The Morgan fingerprint density at radius 1 is 1.23 bits per heavy atom. The van der Waals surface area contributed by atoms with Gasteiger partial charge in [-0.2, -0.15) is 5.26 Å². The van der Waals surface area contributed by atoms with Crippen molar-refractivity contribution < 1.29 is 9.69 Å². The van der Waals surface area contributed by atoms with Gasteiger partial charge in [0.05, 0.1) is 18.7 Å². The van der Waals surface area contributed by atoms with Crippen LogP contribution in [0.4, 0.5) is 5.69 Å². The molecule has 0 aliphatic carbocycles. The lowest BCUT2D eigenvalue weighted by Gasteiger charge is -2.14. The smallest absolute Gasteiger partial charge is 0.279 e. The third-order valence-corrected chi connectivity index (χ3v) is 3.36. The number of carbonyl (C=O) groups is 1. The summed E-state index contributed by atoms with van der Waals surface area (Å²) in [6, 6.07) is 17.4. The molecule has 0 aromatic heterocycles. The van der Waals surface area contributed by atoms with Gasteiger partial charge in [0, 0.05) is 11.3 Å². The zero-order chi connectivity index (χ0) is 15.9. The number of anilines is 1. The van der Waals surface area contributed by atoms with Gasteiger partial charge in [0.2, 0.25) is 0 Å². The third kappa shape index (κ3) is 4.72. The molecule has 0 saturated carbocycles. The molecule has 1 unspecified atom stereocenters. The second kappa shape index (κ2) is 7.39. The molecule has 0 saturated heterocycles. The summed E-state index contributed by atoms with van der Waals surface area (Å²) in [6.45, 7) is 3.10. The zero-order valence-electron chi connectivity index (χ0n) is 12.9. The summed E-state index contributed by atoms with van der Waals surface area (Å²) < 4.78 is 0. The lowest BCUT2D eigenvalue weighted by Crippen LogP contribution is -3.08. The summed E-state index contributed by atoms with van der Waals surface area (Å²) in [5.74, 6) is -0.0159. The second-order valence-electron chi connectivity index (χ2n) is 5.54. The lowest BCUT2D eigenvalue weighted by molar-refractivity contribution is -0.885. The highest BCUT2D eigenvalue weighted by Crippen LogP contribution is 2.07. The van der Waals surface area contributed by atoms with Gasteiger partial charge in [-0.05, 0) is 31.2 Å². The first-order valence-corrected chi connectivity index (χ1v) is 7.23. The number of quaternary nitrogens is 1. The van der Waals surface area contributed by atoms with Crippen LogP contribution in [0.3, 0.4) is 0 Å². The largest absolute Gasteiger partial charge is 0.326 e. The molecule has 1 atom stereocenters. The van der Waals surface area contributed by atoms with E-state index in [9.17, 15) is 4.79 Å². The van der Waals surface area contributed by atoms with Gasteiger partial charge in [-0.15, -0.1) is 0 Å². The van der Waals surface area contributed by atoms with E-state index in [0.29, 0.717) is 18.7 Å². The van der Waals surface area contributed by atoms with Crippen LogP contribution in [-0.2, 0) is 11.3 Å². The van der Waals surface area contributed by atoms with Crippen molar-refractivity contribution in [3.05, 3.63) is 65.2 Å². The normalized spacial score (nSPS) is 11.5. The standard InChI is InChI=1S/C18H19N3O/c1-14-6-8-17(9-7-14)20-18(22)13-21(2)12-16-5-3-4-15(10-16)11-19/h3-10H,12-13H2,1-2H3,(H,20,22)/p+1. The van der Waals surface area contributed by atoms with Crippen LogP contribution in [0, 0.1) is 18.3 Å². The predicted octanol–water partition coefficient (Wildman–Crippen LogP) is 1.52. The molecule has 0 spiro atoms. The van der Waals surface area contributed by atoms with E-state index in [2.05, 4.69) is 11.4 Å². The van der Waals surface area contributed by atoms with Crippen LogP contribution in [0.2, 0.25) is 0 Å². The number of aryl methyl sites for hydroxylation is 1. The van der Waals surface area contributed by atoms with Crippen LogP contribution < -0.4 is 10.2 Å². The van der Waals surface area contributed by atoms with Gasteiger partial charge in [0.1, 0.15) is 6.54 Å². The van der Waals surface area contributed by atoms with Gasteiger partial charge in [0.25, 0.3) is 5.91 Å². The Labute approximate surface area is 131 Å². The molecule has 22 heavy (non-hydrogen) atoms. The van der Waals surface area contributed by atoms with Gasteiger partial charge in [0.15, 0.2) is 6.54 Å².